The predicted molar refractivity (Wildman–Crippen MR) is 96.5 cm³/mol. The third-order valence-corrected chi connectivity index (χ3v) is 4.47. The fourth-order valence-electron chi connectivity index (χ4n) is 3.24. The molecule has 7 nitrogen and oxygen atoms in total. The van der Waals surface area contributed by atoms with E-state index < -0.39 is 0 Å². The second-order valence-electron chi connectivity index (χ2n) is 5.98. The van der Waals surface area contributed by atoms with E-state index in [4.69, 9.17) is 0 Å². The van der Waals surface area contributed by atoms with Gasteiger partial charge >= 0.3 is 0 Å². The molecule has 1 aliphatic heterocycles. The monoisotopic (exact) mass is 323 g/mol. The number of para-hydroxylation sites is 2. The van der Waals surface area contributed by atoms with E-state index in [0.29, 0.717) is 6.04 Å². The smallest absolute Gasteiger partial charge is 0.201 e. The SMILES string of the molecule is CNc1cc(N2CCCC2CNc2nc3ccccc3[nH]2)ncn1. The van der Waals surface area contributed by atoms with Crippen LogP contribution >= 0.6 is 0 Å². The topological polar surface area (TPSA) is 81.8 Å². The minimum atomic E-state index is 0.401. The molecule has 124 valence electrons. The van der Waals surface area contributed by atoms with Crippen molar-refractivity contribution < 1.29 is 0 Å². The summed E-state index contributed by atoms with van der Waals surface area (Å²) >= 11 is 0. The van der Waals surface area contributed by atoms with Crippen LogP contribution in [-0.4, -0.2) is 46.1 Å². The Kier molecular flexibility index (Phi) is 3.90. The standard InChI is InChI=1S/C17H21N7/c1-18-15-9-16(21-11-20-15)24-8-4-5-12(24)10-19-17-22-13-6-2-3-7-14(13)23-17/h2-3,6-7,9,11-12H,4-5,8,10H2,1H3,(H,18,20,21)(H2,19,22,23). The Labute approximate surface area is 140 Å². The fourth-order valence-corrected chi connectivity index (χ4v) is 3.24. The van der Waals surface area contributed by atoms with E-state index in [1.54, 1.807) is 6.33 Å². The molecule has 1 unspecified atom stereocenters. The number of nitrogens with one attached hydrogen (secondary N) is 3. The quantitative estimate of drug-likeness (QED) is 0.669. The van der Waals surface area contributed by atoms with Crippen molar-refractivity contribution >= 4 is 28.6 Å². The van der Waals surface area contributed by atoms with Gasteiger partial charge in [0.15, 0.2) is 0 Å². The van der Waals surface area contributed by atoms with Crippen LogP contribution in [0.3, 0.4) is 0 Å². The molecule has 24 heavy (non-hydrogen) atoms. The molecule has 0 bridgehead atoms. The van der Waals surface area contributed by atoms with E-state index in [1.807, 2.05) is 37.4 Å². The van der Waals surface area contributed by atoms with Crippen LogP contribution in [-0.2, 0) is 0 Å². The number of imidazole rings is 1. The van der Waals surface area contributed by atoms with E-state index in [1.165, 1.54) is 6.42 Å². The molecule has 0 radical (unpaired) electrons. The molecule has 4 rings (SSSR count). The summed E-state index contributed by atoms with van der Waals surface area (Å²) in [5, 5.41) is 6.51. The summed E-state index contributed by atoms with van der Waals surface area (Å²) in [6.07, 6.45) is 3.93. The average Bonchev–Trinajstić information content (AvgIpc) is 3.26. The molecule has 2 aromatic heterocycles. The molecule has 3 N–H and O–H groups in total. The van der Waals surface area contributed by atoms with Crippen LogP contribution in [0.5, 0.6) is 0 Å². The maximum Gasteiger partial charge on any atom is 0.201 e. The molecular formula is C17H21N7. The van der Waals surface area contributed by atoms with Gasteiger partial charge in [0.25, 0.3) is 0 Å². The molecule has 1 saturated heterocycles. The number of fused-ring (bicyclic) bond motifs is 1. The molecule has 3 aromatic rings. The number of hydrogen-bond donors (Lipinski definition) is 3. The van der Waals surface area contributed by atoms with Gasteiger partial charge in [0.2, 0.25) is 5.95 Å². The van der Waals surface area contributed by atoms with Crippen molar-refractivity contribution in [3.63, 3.8) is 0 Å². The Hall–Kier alpha value is -2.83. The van der Waals surface area contributed by atoms with Crippen LogP contribution in [0, 0.1) is 0 Å². The van der Waals surface area contributed by atoms with Crippen LogP contribution in [0.25, 0.3) is 11.0 Å². The summed E-state index contributed by atoms with van der Waals surface area (Å²) in [4.78, 5) is 18.9. The number of H-pyrrole nitrogens is 1. The Morgan fingerprint density at radius 3 is 3.08 bits per heavy atom. The summed E-state index contributed by atoms with van der Waals surface area (Å²) in [6.45, 7) is 1.85. The van der Waals surface area contributed by atoms with Crippen molar-refractivity contribution in [1.29, 1.82) is 0 Å². The van der Waals surface area contributed by atoms with Crippen LogP contribution < -0.4 is 15.5 Å². The summed E-state index contributed by atoms with van der Waals surface area (Å²) < 4.78 is 0. The van der Waals surface area contributed by atoms with Crippen molar-refractivity contribution in [3.05, 3.63) is 36.7 Å². The second-order valence-corrected chi connectivity index (χ2v) is 5.98. The van der Waals surface area contributed by atoms with Crippen molar-refractivity contribution in [1.82, 2.24) is 19.9 Å². The Morgan fingerprint density at radius 2 is 2.21 bits per heavy atom. The fraction of sp³-hybridized carbons (Fsp3) is 0.353. The first-order chi connectivity index (χ1) is 11.8. The van der Waals surface area contributed by atoms with Crippen LogP contribution in [0.2, 0.25) is 0 Å². The molecule has 0 aliphatic carbocycles. The lowest BCUT2D eigenvalue weighted by atomic mass is 10.2. The number of aromatic amines is 1. The summed E-state index contributed by atoms with van der Waals surface area (Å²) in [6, 6.07) is 10.5. The highest BCUT2D eigenvalue weighted by Crippen LogP contribution is 2.25. The predicted octanol–water partition coefficient (Wildman–Crippen LogP) is 2.48. The zero-order valence-corrected chi connectivity index (χ0v) is 13.7. The molecule has 1 aromatic carbocycles. The molecule has 7 heteroatoms. The first-order valence-corrected chi connectivity index (χ1v) is 8.28. The lowest BCUT2D eigenvalue weighted by molar-refractivity contribution is 0.688. The van der Waals surface area contributed by atoms with Gasteiger partial charge < -0.3 is 20.5 Å². The second kappa shape index (κ2) is 6.35. The third kappa shape index (κ3) is 2.84. The number of rotatable bonds is 5. The molecule has 1 aliphatic rings. The zero-order valence-electron chi connectivity index (χ0n) is 13.7. The number of nitrogens with zero attached hydrogens (tertiary/aromatic N) is 4. The molecule has 0 spiro atoms. The van der Waals surface area contributed by atoms with E-state index in [0.717, 1.165) is 48.1 Å². The van der Waals surface area contributed by atoms with Crippen LogP contribution in [0.1, 0.15) is 12.8 Å². The zero-order chi connectivity index (χ0) is 16.4. The minimum absolute atomic E-state index is 0.401. The Bertz CT molecular complexity index is 795. The summed E-state index contributed by atoms with van der Waals surface area (Å²) in [7, 11) is 1.87. The third-order valence-electron chi connectivity index (χ3n) is 4.47. The molecule has 0 amide bonds. The maximum absolute atomic E-state index is 4.58. The van der Waals surface area contributed by atoms with Crippen LogP contribution in [0.4, 0.5) is 17.6 Å². The highest BCUT2D eigenvalue weighted by Gasteiger charge is 2.26. The van der Waals surface area contributed by atoms with Crippen LogP contribution in [0.15, 0.2) is 36.7 Å². The van der Waals surface area contributed by atoms with Gasteiger partial charge in [0.05, 0.1) is 11.0 Å². The van der Waals surface area contributed by atoms with Gasteiger partial charge in [0.1, 0.15) is 18.0 Å². The Balaban J connectivity index is 1.46. The normalized spacial score (nSPS) is 17.4. The van der Waals surface area contributed by atoms with Gasteiger partial charge in [-0.1, -0.05) is 12.1 Å². The molecule has 1 atom stereocenters. The van der Waals surface area contributed by atoms with Gasteiger partial charge in [-0.25, -0.2) is 15.0 Å². The number of benzene rings is 1. The first kappa shape index (κ1) is 14.7. The minimum Gasteiger partial charge on any atom is -0.373 e. The molecule has 3 heterocycles. The number of anilines is 3. The Morgan fingerprint density at radius 1 is 1.29 bits per heavy atom. The summed E-state index contributed by atoms with van der Waals surface area (Å²) in [5.41, 5.74) is 2.04. The van der Waals surface area contributed by atoms with E-state index in [-0.39, 0.29) is 0 Å². The number of aromatic nitrogens is 4. The largest absolute Gasteiger partial charge is 0.373 e. The van der Waals surface area contributed by atoms with E-state index in [9.17, 15) is 0 Å². The lowest BCUT2D eigenvalue weighted by Gasteiger charge is -2.26. The van der Waals surface area contributed by atoms with Gasteiger partial charge in [-0.2, -0.15) is 0 Å². The molecule has 1 fully saturated rings. The maximum atomic E-state index is 4.58. The molecular weight excluding hydrogens is 302 g/mol. The van der Waals surface area contributed by atoms with Crippen molar-refractivity contribution in [2.75, 3.05) is 35.7 Å². The van der Waals surface area contributed by atoms with E-state index >= 15 is 0 Å². The highest BCUT2D eigenvalue weighted by molar-refractivity contribution is 5.77. The number of hydrogen-bond acceptors (Lipinski definition) is 6. The van der Waals surface area contributed by atoms with Gasteiger partial charge in [-0.15, -0.1) is 0 Å². The van der Waals surface area contributed by atoms with Crippen molar-refractivity contribution in [2.45, 2.75) is 18.9 Å². The van der Waals surface area contributed by atoms with Crippen molar-refractivity contribution in [3.8, 4) is 0 Å². The van der Waals surface area contributed by atoms with E-state index in [2.05, 4.69) is 35.5 Å². The lowest BCUT2D eigenvalue weighted by Crippen LogP contribution is -2.35. The highest BCUT2D eigenvalue weighted by atomic mass is 15.3. The summed E-state index contributed by atoms with van der Waals surface area (Å²) in [5.74, 6) is 2.64. The van der Waals surface area contributed by atoms with Gasteiger partial charge in [-0.3, -0.25) is 0 Å². The van der Waals surface area contributed by atoms with Crippen molar-refractivity contribution in [2.24, 2.45) is 0 Å². The van der Waals surface area contributed by atoms with Gasteiger partial charge in [0, 0.05) is 32.2 Å². The average molecular weight is 323 g/mol. The molecule has 0 saturated carbocycles. The van der Waals surface area contributed by atoms with Gasteiger partial charge in [-0.05, 0) is 25.0 Å². The first-order valence-electron chi connectivity index (χ1n) is 8.28.